The number of fused-ring (bicyclic) bond motifs is 1. The fourth-order valence-electron chi connectivity index (χ4n) is 2.74. The van der Waals surface area contributed by atoms with Gasteiger partial charge in [-0.05, 0) is 44.0 Å². The van der Waals surface area contributed by atoms with E-state index in [2.05, 4.69) is 45.7 Å². The van der Waals surface area contributed by atoms with E-state index < -0.39 is 0 Å². The van der Waals surface area contributed by atoms with E-state index in [1.54, 1.807) is 17.6 Å². The van der Waals surface area contributed by atoms with Crippen molar-refractivity contribution < 1.29 is 9.15 Å². The predicted octanol–water partition coefficient (Wildman–Crippen LogP) is 3.98. The van der Waals surface area contributed by atoms with Gasteiger partial charge in [0, 0.05) is 32.7 Å². The highest BCUT2D eigenvalue weighted by molar-refractivity contribution is 7.18. The van der Waals surface area contributed by atoms with E-state index >= 15 is 0 Å². The van der Waals surface area contributed by atoms with Gasteiger partial charge in [-0.15, -0.1) is 11.3 Å². The smallest absolute Gasteiger partial charge is 0.191 e. The Morgan fingerprint density at radius 1 is 1.18 bits per heavy atom. The average molecular weight is 401 g/mol. The van der Waals surface area contributed by atoms with Crippen molar-refractivity contribution in [1.82, 2.24) is 15.6 Å². The molecule has 2 heterocycles. The monoisotopic (exact) mass is 400 g/mol. The van der Waals surface area contributed by atoms with E-state index in [-0.39, 0.29) is 0 Å². The van der Waals surface area contributed by atoms with Gasteiger partial charge in [0.15, 0.2) is 5.96 Å². The standard InChI is InChI=1S/C21H28N4O2S/c1-2-22-21(24-13-7-14-26-16-17-8-6-15-27-17)23-12-5-11-20-25-18-9-3-4-10-19(18)28-20/h3-4,6,8-10,15H,2,5,7,11-14,16H2,1H3,(H2,22,23,24). The topological polar surface area (TPSA) is 71.7 Å². The summed E-state index contributed by atoms with van der Waals surface area (Å²) in [7, 11) is 0. The highest BCUT2D eigenvalue weighted by atomic mass is 32.1. The van der Waals surface area contributed by atoms with Crippen LogP contribution in [0.4, 0.5) is 0 Å². The molecule has 7 heteroatoms. The van der Waals surface area contributed by atoms with Crippen LogP contribution in [0, 0.1) is 0 Å². The molecule has 2 N–H and O–H groups in total. The molecular weight excluding hydrogens is 372 g/mol. The van der Waals surface area contributed by atoms with Gasteiger partial charge in [0.05, 0.1) is 21.5 Å². The van der Waals surface area contributed by atoms with E-state index in [4.69, 9.17) is 9.15 Å². The van der Waals surface area contributed by atoms with Crippen molar-refractivity contribution in [2.24, 2.45) is 4.99 Å². The van der Waals surface area contributed by atoms with Crippen molar-refractivity contribution >= 4 is 27.5 Å². The molecule has 2 aromatic heterocycles. The molecule has 0 atom stereocenters. The third kappa shape index (κ3) is 6.65. The highest BCUT2D eigenvalue weighted by Gasteiger charge is 2.03. The maximum Gasteiger partial charge on any atom is 0.191 e. The number of thiazole rings is 1. The molecule has 3 aromatic rings. The van der Waals surface area contributed by atoms with Gasteiger partial charge in [-0.3, -0.25) is 4.99 Å². The second kappa shape index (κ2) is 11.5. The van der Waals surface area contributed by atoms with E-state index in [1.165, 1.54) is 9.71 Å². The Bertz CT molecular complexity index is 812. The first kappa shape index (κ1) is 20.4. The zero-order valence-corrected chi connectivity index (χ0v) is 17.1. The quantitative estimate of drug-likeness (QED) is 0.289. The first-order valence-corrected chi connectivity index (χ1v) is 10.6. The zero-order chi connectivity index (χ0) is 19.4. The van der Waals surface area contributed by atoms with Crippen LogP contribution in [0.1, 0.15) is 30.5 Å². The Labute approximate surface area is 170 Å². The van der Waals surface area contributed by atoms with Crippen LogP contribution >= 0.6 is 11.3 Å². The molecule has 6 nitrogen and oxygen atoms in total. The maximum absolute atomic E-state index is 5.59. The number of ether oxygens (including phenoxy) is 1. The molecule has 150 valence electrons. The minimum atomic E-state index is 0.521. The molecular formula is C21H28N4O2S. The molecule has 0 radical (unpaired) electrons. The van der Waals surface area contributed by atoms with Crippen LogP contribution in [0.5, 0.6) is 0 Å². The molecule has 0 amide bonds. The number of para-hydroxylation sites is 1. The Morgan fingerprint density at radius 2 is 2.11 bits per heavy atom. The summed E-state index contributed by atoms with van der Waals surface area (Å²) in [5.74, 6) is 1.72. The van der Waals surface area contributed by atoms with Crippen LogP contribution in [-0.2, 0) is 17.8 Å². The lowest BCUT2D eigenvalue weighted by Crippen LogP contribution is -2.38. The Balaban J connectivity index is 1.32. The van der Waals surface area contributed by atoms with Crippen molar-refractivity contribution in [2.75, 3.05) is 26.2 Å². The number of aromatic nitrogens is 1. The summed E-state index contributed by atoms with van der Waals surface area (Å²) in [5, 5.41) is 7.83. The molecule has 0 bridgehead atoms. The summed E-state index contributed by atoms with van der Waals surface area (Å²) in [6, 6.07) is 12.1. The molecule has 0 aliphatic heterocycles. The van der Waals surface area contributed by atoms with Gasteiger partial charge in [0.2, 0.25) is 0 Å². The molecule has 1 aromatic carbocycles. The number of benzene rings is 1. The summed E-state index contributed by atoms with van der Waals surface area (Å²) < 4.78 is 12.1. The summed E-state index contributed by atoms with van der Waals surface area (Å²) in [6.45, 7) is 5.73. The van der Waals surface area contributed by atoms with E-state index in [0.717, 1.165) is 56.1 Å². The van der Waals surface area contributed by atoms with Crippen LogP contribution < -0.4 is 10.6 Å². The number of aryl methyl sites for hydroxylation is 1. The fraction of sp³-hybridized carbons (Fsp3) is 0.429. The summed E-state index contributed by atoms with van der Waals surface area (Å²) >= 11 is 1.78. The SMILES string of the molecule is CCNC(=NCCCc1nc2ccccc2s1)NCCCOCc1ccco1. The number of nitrogens with zero attached hydrogens (tertiary/aromatic N) is 2. The van der Waals surface area contributed by atoms with Crippen molar-refractivity contribution in [1.29, 1.82) is 0 Å². The number of rotatable bonds is 11. The maximum atomic E-state index is 5.59. The lowest BCUT2D eigenvalue weighted by atomic mass is 10.3. The third-order valence-electron chi connectivity index (χ3n) is 4.08. The number of hydrogen-bond donors (Lipinski definition) is 2. The lowest BCUT2D eigenvalue weighted by molar-refractivity contribution is 0.105. The molecule has 0 saturated heterocycles. The first-order chi connectivity index (χ1) is 13.8. The number of nitrogens with one attached hydrogen (secondary N) is 2. The van der Waals surface area contributed by atoms with E-state index in [1.807, 2.05) is 18.2 Å². The molecule has 0 fully saturated rings. The van der Waals surface area contributed by atoms with Crippen molar-refractivity contribution in [3.8, 4) is 0 Å². The third-order valence-corrected chi connectivity index (χ3v) is 5.18. The summed E-state index contributed by atoms with van der Waals surface area (Å²) in [5.41, 5.74) is 1.09. The Morgan fingerprint density at radius 3 is 2.93 bits per heavy atom. The van der Waals surface area contributed by atoms with E-state index in [0.29, 0.717) is 13.2 Å². The number of aliphatic imine (C=N–C) groups is 1. The van der Waals surface area contributed by atoms with Crippen LogP contribution in [0.25, 0.3) is 10.2 Å². The van der Waals surface area contributed by atoms with Crippen molar-refractivity contribution in [3.63, 3.8) is 0 Å². The molecule has 0 saturated carbocycles. The molecule has 0 unspecified atom stereocenters. The van der Waals surface area contributed by atoms with Crippen molar-refractivity contribution in [2.45, 2.75) is 32.8 Å². The number of hydrogen-bond acceptors (Lipinski definition) is 5. The molecule has 28 heavy (non-hydrogen) atoms. The van der Waals surface area contributed by atoms with Gasteiger partial charge in [-0.1, -0.05) is 12.1 Å². The normalized spacial score (nSPS) is 11.8. The predicted molar refractivity (Wildman–Crippen MR) is 115 cm³/mol. The average Bonchev–Trinajstić information content (AvgIpc) is 3.36. The number of guanidine groups is 1. The van der Waals surface area contributed by atoms with Crippen LogP contribution in [-0.4, -0.2) is 37.2 Å². The summed E-state index contributed by atoms with van der Waals surface area (Å²) in [4.78, 5) is 9.34. The van der Waals surface area contributed by atoms with Gasteiger partial charge in [-0.25, -0.2) is 4.98 Å². The fourth-order valence-corrected chi connectivity index (χ4v) is 3.75. The highest BCUT2D eigenvalue weighted by Crippen LogP contribution is 2.22. The van der Waals surface area contributed by atoms with Gasteiger partial charge in [-0.2, -0.15) is 0 Å². The van der Waals surface area contributed by atoms with E-state index in [9.17, 15) is 0 Å². The van der Waals surface area contributed by atoms with Crippen LogP contribution in [0.15, 0.2) is 52.1 Å². The van der Waals surface area contributed by atoms with Crippen LogP contribution in [0.2, 0.25) is 0 Å². The lowest BCUT2D eigenvalue weighted by Gasteiger charge is -2.11. The second-order valence-corrected chi connectivity index (χ2v) is 7.47. The molecule has 0 aliphatic rings. The number of furan rings is 1. The second-order valence-electron chi connectivity index (χ2n) is 6.35. The van der Waals surface area contributed by atoms with Gasteiger partial charge >= 0.3 is 0 Å². The Hall–Kier alpha value is -2.38. The molecule has 3 rings (SSSR count). The minimum absolute atomic E-state index is 0.521. The first-order valence-electron chi connectivity index (χ1n) is 9.82. The minimum Gasteiger partial charge on any atom is -0.467 e. The molecule has 0 aliphatic carbocycles. The Kier molecular flexibility index (Phi) is 8.33. The zero-order valence-electron chi connectivity index (χ0n) is 16.3. The largest absolute Gasteiger partial charge is 0.467 e. The van der Waals surface area contributed by atoms with Crippen LogP contribution in [0.3, 0.4) is 0 Å². The van der Waals surface area contributed by atoms with Crippen molar-refractivity contribution in [3.05, 3.63) is 53.4 Å². The van der Waals surface area contributed by atoms with Gasteiger partial charge < -0.3 is 19.8 Å². The molecule has 0 spiro atoms. The van der Waals surface area contributed by atoms with Gasteiger partial charge in [0.25, 0.3) is 0 Å². The van der Waals surface area contributed by atoms with Gasteiger partial charge in [0.1, 0.15) is 12.4 Å². The summed E-state index contributed by atoms with van der Waals surface area (Å²) in [6.07, 6.45) is 4.53.